The van der Waals surface area contributed by atoms with Gasteiger partial charge in [0.05, 0.1) is 17.0 Å². The number of hydrogen-bond acceptors (Lipinski definition) is 6. The zero-order valence-corrected chi connectivity index (χ0v) is 20.5. The van der Waals surface area contributed by atoms with E-state index in [1.165, 1.54) is 13.0 Å². The minimum Gasteiger partial charge on any atom is -0.507 e. The molecular weight excluding hydrogens is 461 g/mol. The molecule has 1 aliphatic heterocycles. The predicted octanol–water partition coefficient (Wildman–Crippen LogP) is 4.18. The molecule has 0 saturated carbocycles. The molecule has 2 aromatic rings. The smallest absolute Gasteiger partial charge is 0.416 e. The second-order valence-electron chi connectivity index (χ2n) is 9.93. The summed E-state index contributed by atoms with van der Waals surface area (Å²) in [6.07, 6.45) is -4.24. The van der Waals surface area contributed by atoms with Gasteiger partial charge in [-0.25, -0.2) is 4.98 Å². The Hall–Kier alpha value is -3.14. The number of phenols is 1. The minimum atomic E-state index is -4.59. The standard InChI is InChI=1S/C25H31F3N4O3/c1-6-32-13-24(5,11-19(32)34)12-30-21(23(3,4)35)16-7-8-17(31-22(16)29)20-14(2)9-15(10-18(20)33)25(26,27)28/h7-10,33,35H,6,11-13H2,1-5H3,(H2,29,31). The number of nitrogens with two attached hydrogens (primary N) is 1. The molecule has 0 radical (unpaired) electrons. The number of likely N-dealkylation sites (tertiary alicyclic amines) is 1. The Morgan fingerprint density at radius 1 is 1.29 bits per heavy atom. The van der Waals surface area contributed by atoms with Crippen molar-refractivity contribution < 1.29 is 28.2 Å². The number of nitrogens with zero attached hydrogens (tertiary/aromatic N) is 3. The van der Waals surface area contributed by atoms with Crippen molar-refractivity contribution in [3.63, 3.8) is 0 Å². The fraction of sp³-hybridized carbons (Fsp3) is 0.480. The van der Waals surface area contributed by atoms with Crippen LogP contribution in [0.4, 0.5) is 19.0 Å². The largest absolute Gasteiger partial charge is 0.507 e. The monoisotopic (exact) mass is 492 g/mol. The molecule has 0 aliphatic carbocycles. The van der Waals surface area contributed by atoms with Crippen molar-refractivity contribution in [3.8, 4) is 17.0 Å². The van der Waals surface area contributed by atoms with Gasteiger partial charge in [0.15, 0.2) is 0 Å². The Morgan fingerprint density at radius 2 is 1.94 bits per heavy atom. The second-order valence-corrected chi connectivity index (χ2v) is 9.93. The van der Waals surface area contributed by atoms with Crippen molar-refractivity contribution >= 4 is 17.4 Å². The van der Waals surface area contributed by atoms with Gasteiger partial charge in [-0.3, -0.25) is 9.79 Å². The number of nitrogen functional groups attached to an aromatic ring is 1. The van der Waals surface area contributed by atoms with Gasteiger partial charge in [0.1, 0.15) is 17.2 Å². The molecule has 1 aliphatic rings. The van der Waals surface area contributed by atoms with E-state index in [-0.39, 0.29) is 40.8 Å². The number of aryl methyl sites for hydroxylation is 1. The number of anilines is 1. The summed E-state index contributed by atoms with van der Waals surface area (Å²) < 4.78 is 39.2. The maximum Gasteiger partial charge on any atom is 0.416 e. The summed E-state index contributed by atoms with van der Waals surface area (Å²) in [7, 11) is 0. The third kappa shape index (κ3) is 5.58. The van der Waals surface area contributed by atoms with Crippen LogP contribution in [-0.4, -0.2) is 57.0 Å². The van der Waals surface area contributed by atoms with Crippen molar-refractivity contribution in [2.75, 3.05) is 25.4 Å². The lowest BCUT2D eigenvalue weighted by Gasteiger charge is -2.26. The van der Waals surface area contributed by atoms with E-state index < -0.39 is 28.5 Å². The summed E-state index contributed by atoms with van der Waals surface area (Å²) in [5, 5.41) is 21.1. The van der Waals surface area contributed by atoms with Crippen LogP contribution in [0.2, 0.25) is 0 Å². The highest BCUT2D eigenvalue weighted by Crippen LogP contribution is 2.39. The molecule has 1 atom stereocenters. The van der Waals surface area contributed by atoms with Gasteiger partial charge in [0.2, 0.25) is 5.91 Å². The van der Waals surface area contributed by atoms with Crippen molar-refractivity contribution in [1.29, 1.82) is 0 Å². The number of aromatic hydroxyl groups is 1. The number of benzene rings is 1. The van der Waals surface area contributed by atoms with E-state index in [0.717, 1.165) is 6.07 Å². The average molecular weight is 493 g/mol. The van der Waals surface area contributed by atoms with Gasteiger partial charge < -0.3 is 20.8 Å². The van der Waals surface area contributed by atoms with Crippen molar-refractivity contribution in [3.05, 3.63) is 41.0 Å². The molecule has 0 spiro atoms. The van der Waals surface area contributed by atoms with Crippen molar-refractivity contribution in [1.82, 2.24) is 9.88 Å². The number of aliphatic hydroxyl groups is 1. The molecule has 1 aromatic heterocycles. The average Bonchev–Trinajstić information content (AvgIpc) is 3.01. The van der Waals surface area contributed by atoms with Crippen LogP contribution in [0.3, 0.4) is 0 Å². The van der Waals surface area contributed by atoms with Gasteiger partial charge in [0, 0.05) is 42.6 Å². The van der Waals surface area contributed by atoms with Crippen molar-refractivity contribution in [2.45, 2.75) is 52.8 Å². The maximum atomic E-state index is 13.1. The first-order valence-electron chi connectivity index (χ1n) is 11.3. The number of hydrogen-bond donors (Lipinski definition) is 3. The van der Waals surface area contributed by atoms with Crippen LogP contribution in [0.15, 0.2) is 29.3 Å². The number of carbonyl (C=O) groups excluding carboxylic acids is 1. The third-order valence-corrected chi connectivity index (χ3v) is 6.16. The molecule has 2 heterocycles. The highest BCUT2D eigenvalue weighted by atomic mass is 19.4. The van der Waals surface area contributed by atoms with Crippen molar-refractivity contribution in [2.24, 2.45) is 10.4 Å². The molecule has 1 fully saturated rings. The number of rotatable bonds is 6. The second kappa shape index (κ2) is 9.14. The highest BCUT2D eigenvalue weighted by Gasteiger charge is 2.39. The van der Waals surface area contributed by atoms with Gasteiger partial charge in [-0.2, -0.15) is 13.2 Å². The zero-order chi connectivity index (χ0) is 26.3. The van der Waals surface area contributed by atoms with Crippen LogP contribution in [0.5, 0.6) is 5.75 Å². The fourth-order valence-electron chi connectivity index (χ4n) is 4.43. The number of aliphatic imine (C=N–C) groups is 1. The summed E-state index contributed by atoms with van der Waals surface area (Å²) >= 11 is 0. The third-order valence-electron chi connectivity index (χ3n) is 6.16. The normalized spacial score (nSPS) is 19.5. The minimum absolute atomic E-state index is 0.00455. The number of aromatic nitrogens is 1. The Bertz CT molecular complexity index is 1150. The van der Waals surface area contributed by atoms with E-state index in [1.54, 1.807) is 24.8 Å². The quantitative estimate of drug-likeness (QED) is 0.524. The van der Waals surface area contributed by atoms with Crippen LogP contribution in [0, 0.1) is 12.3 Å². The Balaban J connectivity index is 1.99. The number of amides is 1. The Kier molecular flexibility index (Phi) is 6.91. The molecule has 0 bridgehead atoms. The highest BCUT2D eigenvalue weighted by molar-refractivity contribution is 6.09. The molecule has 1 saturated heterocycles. The van der Waals surface area contributed by atoms with E-state index >= 15 is 0 Å². The lowest BCUT2D eigenvalue weighted by Crippen LogP contribution is -2.35. The van der Waals surface area contributed by atoms with E-state index in [2.05, 4.69) is 9.98 Å². The number of pyridine rings is 1. The molecule has 35 heavy (non-hydrogen) atoms. The molecule has 190 valence electrons. The first-order chi connectivity index (χ1) is 16.1. The molecule has 1 aromatic carbocycles. The summed E-state index contributed by atoms with van der Waals surface area (Å²) in [6, 6.07) is 4.68. The summed E-state index contributed by atoms with van der Waals surface area (Å²) in [4.78, 5) is 22.9. The van der Waals surface area contributed by atoms with E-state index in [4.69, 9.17) is 5.73 Å². The zero-order valence-electron chi connectivity index (χ0n) is 20.5. The van der Waals surface area contributed by atoms with E-state index in [9.17, 15) is 28.2 Å². The molecule has 4 N–H and O–H groups in total. The molecule has 3 rings (SSSR count). The topological polar surface area (TPSA) is 112 Å². The van der Waals surface area contributed by atoms with E-state index in [0.29, 0.717) is 31.1 Å². The van der Waals surface area contributed by atoms with E-state index in [1.807, 2.05) is 13.8 Å². The molecule has 7 nitrogen and oxygen atoms in total. The van der Waals surface area contributed by atoms with Crippen LogP contribution in [0.1, 0.15) is 50.8 Å². The molecule has 1 amide bonds. The summed E-state index contributed by atoms with van der Waals surface area (Å²) in [5.41, 5.74) is 4.64. The van der Waals surface area contributed by atoms with Gasteiger partial charge in [-0.1, -0.05) is 6.92 Å². The number of alkyl halides is 3. The molecule has 10 heteroatoms. The van der Waals surface area contributed by atoms with Gasteiger partial charge >= 0.3 is 6.18 Å². The first kappa shape index (κ1) is 26.5. The lowest BCUT2D eigenvalue weighted by atomic mass is 9.89. The number of halogens is 3. The molecule has 1 unspecified atom stereocenters. The van der Waals surface area contributed by atoms with Gasteiger partial charge in [0.25, 0.3) is 0 Å². The predicted molar refractivity (Wildman–Crippen MR) is 128 cm³/mol. The Morgan fingerprint density at radius 3 is 2.43 bits per heavy atom. The van der Waals surface area contributed by atoms with Crippen LogP contribution < -0.4 is 5.73 Å². The SMILES string of the molecule is CCN1CC(C)(CN=C(c2ccc(-c3c(C)cc(C(F)(F)F)cc3O)nc2N)C(C)(C)O)CC1=O. The van der Waals surface area contributed by atoms with Crippen LogP contribution in [-0.2, 0) is 11.0 Å². The fourth-order valence-corrected chi connectivity index (χ4v) is 4.43. The lowest BCUT2D eigenvalue weighted by molar-refractivity contribution is -0.137. The molecular formula is C25H31F3N4O3. The number of carbonyl (C=O) groups is 1. The summed E-state index contributed by atoms with van der Waals surface area (Å²) in [5.74, 6) is -0.496. The van der Waals surface area contributed by atoms with Crippen LogP contribution >= 0.6 is 0 Å². The Labute approximate surface area is 202 Å². The van der Waals surface area contributed by atoms with Crippen LogP contribution in [0.25, 0.3) is 11.3 Å². The van der Waals surface area contributed by atoms with Gasteiger partial charge in [-0.05, 0) is 57.5 Å². The maximum absolute atomic E-state index is 13.1. The first-order valence-corrected chi connectivity index (χ1v) is 11.3. The summed E-state index contributed by atoms with van der Waals surface area (Å²) in [6.45, 7) is 9.91. The number of phenolic OH excluding ortho intramolecular Hbond substituents is 1. The van der Waals surface area contributed by atoms with Gasteiger partial charge in [-0.15, -0.1) is 0 Å².